The predicted octanol–water partition coefficient (Wildman–Crippen LogP) is 3.58. The molecule has 2 N–H and O–H groups in total. The molecule has 172 valence electrons. The standard InChI is InChI=1S/C25H30N6O2/c1-16(2)21-12-22(30-29-21)25(33)31-11-7-10-19(15-31)23-26-14-20(17(3)28-23)24(32)27-13-18-8-5-4-6-9-18/h4-6,8-9,12,14,16,19H,7,10-11,13,15H2,1-3H3,(H,27,32)(H,29,30)/t19-/m0/s1. The van der Waals surface area contributed by atoms with Crippen molar-refractivity contribution in [3.63, 3.8) is 0 Å². The van der Waals surface area contributed by atoms with E-state index in [1.165, 1.54) is 0 Å². The van der Waals surface area contributed by atoms with Crippen molar-refractivity contribution in [3.8, 4) is 0 Å². The lowest BCUT2D eigenvalue weighted by atomic mass is 9.96. The number of nitrogens with one attached hydrogen (secondary N) is 2. The molecule has 2 amide bonds. The Morgan fingerprint density at radius 3 is 2.73 bits per heavy atom. The predicted molar refractivity (Wildman–Crippen MR) is 125 cm³/mol. The number of rotatable bonds is 6. The van der Waals surface area contributed by atoms with Crippen LogP contribution in [0.5, 0.6) is 0 Å². The minimum Gasteiger partial charge on any atom is -0.348 e. The van der Waals surface area contributed by atoms with Crippen molar-refractivity contribution in [1.29, 1.82) is 0 Å². The number of H-pyrrole nitrogens is 1. The van der Waals surface area contributed by atoms with Gasteiger partial charge in [-0.15, -0.1) is 0 Å². The van der Waals surface area contributed by atoms with Gasteiger partial charge in [-0.1, -0.05) is 44.2 Å². The van der Waals surface area contributed by atoms with Crippen molar-refractivity contribution in [2.75, 3.05) is 13.1 Å². The Balaban J connectivity index is 1.41. The molecule has 0 spiro atoms. The second-order valence-corrected chi connectivity index (χ2v) is 8.85. The fraction of sp³-hybridized carbons (Fsp3) is 0.400. The van der Waals surface area contributed by atoms with Gasteiger partial charge in [-0.05, 0) is 37.3 Å². The number of aromatic nitrogens is 4. The summed E-state index contributed by atoms with van der Waals surface area (Å²) in [6.07, 6.45) is 3.38. The van der Waals surface area contributed by atoms with E-state index in [1.54, 1.807) is 6.20 Å². The van der Waals surface area contributed by atoms with Crippen molar-refractivity contribution >= 4 is 11.8 Å². The molecule has 0 aliphatic carbocycles. The molecule has 1 aliphatic heterocycles. The zero-order chi connectivity index (χ0) is 23.4. The Bertz CT molecular complexity index is 1120. The summed E-state index contributed by atoms with van der Waals surface area (Å²) >= 11 is 0. The van der Waals surface area contributed by atoms with Gasteiger partial charge in [0.25, 0.3) is 11.8 Å². The minimum atomic E-state index is -0.192. The Labute approximate surface area is 193 Å². The van der Waals surface area contributed by atoms with E-state index in [0.29, 0.717) is 42.4 Å². The van der Waals surface area contributed by atoms with Gasteiger partial charge in [-0.2, -0.15) is 5.10 Å². The number of nitrogens with zero attached hydrogens (tertiary/aromatic N) is 4. The Hall–Kier alpha value is -3.55. The SMILES string of the molecule is Cc1nc([C@H]2CCCN(C(=O)c3cc(C(C)C)[nH]n3)C2)ncc1C(=O)NCc1ccccc1. The number of likely N-dealkylation sites (tertiary alicyclic amines) is 1. The van der Waals surface area contributed by atoms with Gasteiger partial charge in [0.15, 0.2) is 0 Å². The van der Waals surface area contributed by atoms with Crippen LogP contribution in [0.2, 0.25) is 0 Å². The number of piperidine rings is 1. The molecule has 1 aliphatic rings. The summed E-state index contributed by atoms with van der Waals surface area (Å²) < 4.78 is 0. The van der Waals surface area contributed by atoms with Gasteiger partial charge in [0.05, 0.1) is 11.3 Å². The number of carbonyl (C=O) groups excluding carboxylic acids is 2. The molecule has 1 saturated heterocycles. The number of benzene rings is 1. The van der Waals surface area contributed by atoms with Crippen molar-refractivity contribution in [2.45, 2.75) is 52.0 Å². The highest BCUT2D eigenvalue weighted by Crippen LogP contribution is 2.26. The first-order valence-electron chi connectivity index (χ1n) is 11.4. The van der Waals surface area contributed by atoms with Crippen LogP contribution in [0.1, 0.15) is 82.1 Å². The third-order valence-corrected chi connectivity index (χ3v) is 6.05. The summed E-state index contributed by atoms with van der Waals surface area (Å²) in [5.41, 5.74) is 3.54. The van der Waals surface area contributed by atoms with Crippen LogP contribution in [0.25, 0.3) is 0 Å². The lowest BCUT2D eigenvalue weighted by Crippen LogP contribution is -2.39. The quantitative estimate of drug-likeness (QED) is 0.602. The van der Waals surface area contributed by atoms with Crippen molar-refractivity contribution in [3.05, 3.63) is 76.6 Å². The zero-order valence-electron chi connectivity index (χ0n) is 19.3. The molecule has 8 heteroatoms. The number of aryl methyl sites for hydroxylation is 1. The van der Waals surface area contributed by atoms with E-state index in [4.69, 9.17) is 0 Å². The molecule has 2 aromatic heterocycles. The Kier molecular flexibility index (Phi) is 6.82. The summed E-state index contributed by atoms with van der Waals surface area (Å²) in [4.78, 5) is 36.5. The van der Waals surface area contributed by atoms with Crippen LogP contribution < -0.4 is 5.32 Å². The lowest BCUT2D eigenvalue weighted by Gasteiger charge is -2.31. The smallest absolute Gasteiger partial charge is 0.274 e. The molecule has 1 aromatic carbocycles. The monoisotopic (exact) mass is 446 g/mol. The second kappa shape index (κ2) is 9.94. The maximum absolute atomic E-state index is 13.0. The molecule has 4 rings (SSSR count). The Morgan fingerprint density at radius 2 is 2.03 bits per heavy atom. The van der Waals surface area contributed by atoms with Crippen molar-refractivity contribution in [2.24, 2.45) is 0 Å². The van der Waals surface area contributed by atoms with Crippen LogP contribution >= 0.6 is 0 Å². The molecule has 8 nitrogen and oxygen atoms in total. The maximum atomic E-state index is 13.0. The van der Waals surface area contributed by atoms with E-state index in [0.717, 1.165) is 24.1 Å². The van der Waals surface area contributed by atoms with E-state index in [2.05, 4.69) is 39.3 Å². The van der Waals surface area contributed by atoms with Crippen LogP contribution in [0.3, 0.4) is 0 Å². The maximum Gasteiger partial charge on any atom is 0.274 e. The van der Waals surface area contributed by atoms with Gasteiger partial charge < -0.3 is 10.2 Å². The molecular formula is C25H30N6O2. The Morgan fingerprint density at radius 1 is 1.24 bits per heavy atom. The molecule has 1 fully saturated rings. The summed E-state index contributed by atoms with van der Waals surface area (Å²) in [6, 6.07) is 11.6. The van der Waals surface area contributed by atoms with E-state index < -0.39 is 0 Å². The third-order valence-electron chi connectivity index (χ3n) is 6.05. The largest absolute Gasteiger partial charge is 0.348 e. The van der Waals surface area contributed by atoms with Crippen molar-refractivity contribution < 1.29 is 9.59 Å². The lowest BCUT2D eigenvalue weighted by molar-refractivity contribution is 0.0698. The third kappa shape index (κ3) is 5.27. The molecule has 1 atom stereocenters. The topological polar surface area (TPSA) is 104 Å². The van der Waals surface area contributed by atoms with Gasteiger partial charge in [0.2, 0.25) is 0 Å². The number of hydrogen-bond donors (Lipinski definition) is 2. The average Bonchev–Trinajstić information content (AvgIpc) is 3.33. The molecule has 0 radical (unpaired) electrons. The normalized spacial score (nSPS) is 16.1. The summed E-state index contributed by atoms with van der Waals surface area (Å²) in [6.45, 7) is 7.63. The molecule has 0 unspecified atom stereocenters. The van der Waals surface area contributed by atoms with E-state index in [1.807, 2.05) is 48.2 Å². The van der Waals surface area contributed by atoms with E-state index >= 15 is 0 Å². The second-order valence-electron chi connectivity index (χ2n) is 8.85. The minimum absolute atomic E-state index is 0.0336. The molecule has 3 aromatic rings. The fourth-order valence-electron chi connectivity index (χ4n) is 4.05. The summed E-state index contributed by atoms with van der Waals surface area (Å²) in [7, 11) is 0. The van der Waals surface area contributed by atoms with Gasteiger partial charge >= 0.3 is 0 Å². The number of hydrogen-bond acceptors (Lipinski definition) is 5. The van der Waals surface area contributed by atoms with Crippen LogP contribution in [0, 0.1) is 6.92 Å². The number of carbonyl (C=O) groups is 2. The first kappa shape index (κ1) is 22.6. The van der Waals surface area contributed by atoms with Crippen LogP contribution in [0.4, 0.5) is 0 Å². The molecule has 0 saturated carbocycles. The highest BCUT2D eigenvalue weighted by atomic mass is 16.2. The zero-order valence-corrected chi connectivity index (χ0v) is 19.3. The van der Waals surface area contributed by atoms with Crippen LogP contribution in [0.15, 0.2) is 42.6 Å². The van der Waals surface area contributed by atoms with Gasteiger partial charge in [0, 0.05) is 37.4 Å². The molecule has 3 heterocycles. The highest BCUT2D eigenvalue weighted by Gasteiger charge is 2.29. The van der Waals surface area contributed by atoms with Crippen LogP contribution in [-0.4, -0.2) is 50.0 Å². The number of aromatic amines is 1. The first-order chi connectivity index (χ1) is 15.9. The molecule has 33 heavy (non-hydrogen) atoms. The van der Waals surface area contributed by atoms with E-state index in [-0.39, 0.29) is 23.7 Å². The highest BCUT2D eigenvalue weighted by molar-refractivity contribution is 5.95. The molecular weight excluding hydrogens is 416 g/mol. The number of amides is 2. The van der Waals surface area contributed by atoms with Gasteiger partial charge in [-0.25, -0.2) is 9.97 Å². The first-order valence-corrected chi connectivity index (χ1v) is 11.4. The van der Waals surface area contributed by atoms with E-state index in [9.17, 15) is 9.59 Å². The van der Waals surface area contributed by atoms with Crippen LogP contribution in [-0.2, 0) is 6.54 Å². The van der Waals surface area contributed by atoms with Gasteiger partial charge in [0.1, 0.15) is 11.5 Å². The fourth-order valence-corrected chi connectivity index (χ4v) is 4.05. The average molecular weight is 447 g/mol. The summed E-state index contributed by atoms with van der Waals surface area (Å²) in [5, 5.41) is 10.1. The molecule has 0 bridgehead atoms. The van der Waals surface area contributed by atoms with Gasteiger partial charge in [-0.3, -0.25) is 14.7 Å². The summed E-state index contributed by atoms with van der Waals surface area (Å²) in [5.74, 6) is 0.730. The van der Waals surface area contributed by atoms with Crippen molar-refractivity contribution in [1.82, 2.24) is 30.4 Å².